The Balaban J connectivity index is 1.87. The Morgan fingerprint density at radius 3 is 2.79 bits per heavy atom. The number of fused-ring (bicyclic) bond motifs is 1. The largest absolute Gasteiger partial charge is 0.423 e. The summed E-state index contributed by atoms with van der Waals surface area (Å²) in [4.78, 5) is 4.82. The van der Waals surface area contributed by atoms with Crippen LogP contribution in [0.25, 0.3) is 39.6 Å². The monoisotopic (exact) mass is 389 g/mol. The van der Waals surface area contributed by atoms with E-state index in [1.807, 2.05) is 30.7 Å². The Labute approximate surface area is 164 Å². The first-order valence-electron chi connectivity index (χ1n) is 9.11. The summed E-state index contributed by atoms with van der Waals surface area (Å²) in [6.45, 7) is 4.53. The van der Waals surface area contributed by atoms with Gasteiger partial charge in [0.2, 0.25) is 12.3 Å². The van der Waals surface area contributed by atoms with E-state index >= 15 is 0 Å². The van der Waals surface area contributed by atoms with E-state index in [-0.39, 0.29) is 5.82 Å². The number of pyridine rings is 1. The normalized spacial score (nSPS) is 11.4. The minimum absolute atomic E-state index is 0.315. The van der Waals surface area contributed by atoms with Crippen LogP contribution in [0.4, 0.5) is 4.39 Å². The second-order valence-electron chi connectivity index (χ2n) is 6.48. The zero-order valence-electron chi connectivity index (χ0n) is 15.7. The molecule has 0 aliphatic heterocycles. The minimum Gasteiger partial charge on any atom is -0.423 e. The van der Waals surface area contributed by atoms with Crippen LogP contribution in [0.1, 0.15) is 12.6 Å². The highest BCUT2D eigenvalue weighted by molar-refractivity contribution is 5.95. The zero-order chi connectivity index (χ0) is 20.0. The van der Waals surface area contributed by atoms with E-state index in [1.54, 1.807) is 24.4 Å². The van der Waals surface area contributed by atoms with E-state index in [2.05, 4.69) is 20.4 Å². The van der Waals surface area contributed by atoms with Gasteiger partial charge in [-0.2, -0.15) is 10.2 Å². The van der Waals surface area contributed by atoms with Crippen molar-refractivity contribution >= 4 is 11.0 Å². The molecule has 5 aromatic rings. The van der Waals surface area contributed by atoms with E-state index in [1.165, 1.54) is 17.1 Å². The average molecular weight is 389 g/mol. The molecule has 0 atom stereocenters. The Kier molecular flexibility index (Phi) is 3.94. The van der Waals surface area contributed by atoms with E-state index in [0.717, 1.165) is 11.1 Å². The van der Waals surface area contributed by atoms with Crippen molar-refractivity contribution in [3.63, 3.8) is 0 Å². The molecule has 0 radical (unpaired) electrons. The van der Waals surface area contributed by atoms with Crippen molar-refractivity contribution in [2.45, 2.75) is 20.4 Å². The first-order valence-corrected chi connectivity index (χ1v) is 9.11. The molecule has 0 aliphatic rings. The molecule has 0 unspecified atom stereocenters. The summed E-state index contributed by atoms with van der Waals surface area (Å²) in [6.07, 6.45) is 2.99. The number of nitrogens with zero attached hydrogens (tertiary/aromatic N) is 7. The van der Waals surface area contributed by atoms with Crippen molar-refractivity contribution in [3.05, 3.63) is 60.5 Å². The van der Waals surface area contributed by atoms with E-state index < -0.39 is 0 Å². The lowest BCUT2D eigenvalue weighted by molar-refractivity contribution is 0.569. The maximum Gasteiger partial charge on any atom is 0.248 e. The first kappa shape index (κ1) is 17.2. The number of aryl methyl sites for hydroxylation is 2. The third-order valence-corrected chi connectivity index (χ3v) is 4.76. The highest BCUT2D eigenvalue weighted by Crippen LogP contribution is 2.34. The van der Waals surface area contributed by atoms with Crippen LogP contribution in [0, 0.1) is 12.7 Å². The fraction of sp³-hybridized carbons (Fsp3) is 0.150. The van der Waals surface area contributed by atoms with Crippen molar-refractivity contribution in [2.24, 2.45) is 0 Å². The van der Waals surface area contributed by atoms with Crippen LogP contribution in [0.3, 0.4) is 0 Å². The van der Waals surface area contributed by atoms with Crippen molar-refractivity contribution in [1.82, 2.24) is 34.7 Å². The molecule has 1 aromatic carbocycles. The fourth-order valence-electron chi connectivity index (χ4n) is 3.47. The minimum atomic E-state index is -0.387. The topological polar surface area (TPSA) is 87.5 Å². The molecular weight excluding hydrogens is 373 g/mol. The molecule has 8 nitrogen and oxygen atoms in total. The lowest BCUT2D eigenvalue weighted by atomic mass is 10.1. The average Bonchev–Trinajstić information content (AvgIpc) is 3.48. The second-order valence-corrected chi connectivity index (χ2v) is 6.48. The molecule has 4 heterocycles. The molecule has 5 rings (SSSR count). The van der Waals surface area contributed by atoms with Gasteiger partial charge in [0.1, 0.15) is 11.5 Å². The van der Waals surface area contributed by atoms with Gasteiger partial charge in [0.15, 0.2) is 5.65 Å². The molecule has 0 spiro atoms. The summed E-state index contributed by atoms with van der Waals surface area (Å²) in [5, 5.41) is 17.5. The van der Waals surface area contributed by atoms with Gasteiger partial charge in [0.25, 0.3) is 0 Å². The van der Waals surface area contributed by atoms with Gasteiger partial charge in [0.05, 0.1) is 28.0 Å². The number of hydrogen-bond acceptors (Lipinski definition) is 6. The van der Waals surface area contributed by atoms with Crippen molar-refractivity contribution < 1.29 is 8.81 Å². The summed E-state index contributed by atoms with van der Waals surface area (Å²) in [5.74, 6) is -0.0422. The van der Waals surface area contributed by atoms with Crippen molar-refractivity contribution in [1.29, 1.82) is 0 Å². The molecule has 0 aliphatic carbocycles. The number of benzene rings is 1. The standard InChI is InChI=1S/C20H16FN7O/c1-3-27-17(8-9-23-27)15-10-13(20-25-22-11-29-20)18-12(2)26-28(19(18)24-15)16-7-5-4-6-14(16)21/h4-11H,3H2,1-2H3. The molecule has 0 N–H and O–H groups in total. The summed E-state index contributed by atoms with van der Waals surface area (Å²) in [7, 11) is 0. The van der Waals surface area contributed by atoms with Crippen LogP contribution in [0.15, 0.2) is 53.4 Å². The maximum absolute atomic E-state index is 14.5. The molecule has 0 fully saturated rings. The number of para-hydroxylation sites is 1. The zero-order valence-corrected chi connectivity index (χ0v) is 15.7. The van der Waals surface area contributed by atoms with E-state index in [9.17, 15) is 4.39 Å². The van der Waals surface area contributed by atoms with Gasteiger partial charge in [-0.3, -0.25) is 4.68 Å². The summed E-state index contributed by atoms with van der Waals surface area (Å²) in [5.41, 5.74) is 3.67. The van der Waals surface area contributed by atoms with E-state index in [0.29, 0.717) is 40.7 Å². The summed E-state index contributed by atoms with van der Waals surface area (Å²) < 4.78 is 23.3. The maximum atomic E-state index is 14.5. The Morgan fingerprint density at radius 1 is 1.17 bits per heavy atom. The van der Waals surface area contributed by atoms with Crippen LogP contribution >= 0.6 is 0 Å². The lowest BCUT2D eigenvalue weighted by Gasteiger charge is -2.09. The highest BCUT2D eigenvalue weighted by Gasteiger charge is 2.22. The number of hydrogen-bond donors (Lipinski definition) is 0. The summed E-state index contributed by atoms with van der Waals surface area (Å²) in [6, 6.07) is 10.2. The molecule has 29 heavy (non-hydrogen) atoms. The fourth-order valence-corrected chi connectivity index (χ4v) is 3.47. The Morgan fingerprint density at radius 2 is 2.03 bits per heavy atom. The Hall–Kier alpha value is -3.88. The van der Waals surface area contributed by atoms with Crippen LogP contribution in [-0.2, 0) is 6.54 Å². The lowest BCUT2D eigenvalue weighted by Crippen LogP contribution is -2.03. The second kappa shape index (κ2) is 6.62. The van der Waals surface area contributed by atoms with Crippen LogP contribution in [0.2, 0.25) is 0 Å². The molecule has 0 saturated heterocycles. The SMILES string of the molecule is CCn1nccc1-c1cc(-c2nnco2)c2c(C)nn(-c3ccccc3F)c2n1. The predicted molar refractivity (Wildman–Crippen MR) is 104 cm³/mol. The van der Waals surface area contributed by atoms with Gasteiger partial charge >= 0.3 is 0 Å². The van der Waals surface area contributed by atoms with Crippen LogP contribution in [-0.4, -0.2) is 34.7 Å². The summed E-state index contributed by atoms with van der Waals surface area (Å²) >= 11 is 0. The van der Waals surface area contributed by atoms with Gasteiger partial charge in [-0.1, -0.05) is 12.1 Å². The van der Waals surface area contributed by atoms with Gasteiger partial charge in [-0.15, -0.1) is 10.2 Å². The molecule has 0 amide bonds. The molecule has 144 valence electrons. The Bertz CT molecular complexity index is 1320. The van der Waals surface area contributed by atoms with Crippen LogP contribution < -0.4 is 0 Å². The third kappa shape index (κ3) is 2.70. The third-order valence-electron chi connectivity index (χ3n) is 4.76. The van der Waals surface area contributed by atoms with Gasteiger partial charge in [0, 0.05) is 12.7 Å². The van der Waals surface area contributed by atoms with Gasteiger partial charge < -0.3 is 4.42 Å². The smallest absolute Gasteiger partial charge is 0.248 e. The van der Waals surface area contributed by atoms with Crippen molar-refractivity contribution in [2.75, 3.05) is 0 Å². The molecule has 0 saturated carbocycles. The molecule has 0 bridgehead atoms. The first-order chi connectivity index (χ1) is 14.2. The predicted octanol–water partition coefficient (Wildman–Crippen LogP) is 3.80. The molecule has 9 heteroatoms. The van der Waals surface area contributed by atoms with Crippen molar-refractivity contribution in [3.8, 4) is 28.5 Å². The highest BCUT2D eigenvalue weighted by atomic mass is 19.1. The molecular formula is C20H16FN7O. The van der Waals surface area contributed by atoms with Gasteiger partial charge in [-0.25, -0.2) is 14.1 Å². The van der Waals surface area contributed by atoms with Crippen LogP contribution in [0.5, 0.6) is 0 Å². The number of rotatable bonds is 4. The number of halogens is 1. The van der Waals surface area contributed by atoms with E-state index in [4.69, 9.17) is 9.40 Å². The quantitative estimate of drug-likeness (QED) is 0.465. The van der Waals surface area contributed by atoms with Gasteiger partial charge in [-0.05, 0) is 38.1 Å². The molecule has 4 aromatic heterocycles. The number of aromatic nitrogens is 7.